The topological polar surface area (TPSA) is 114 Å². The molecular formula is C27H32N2O6. The summed E-state index contributed by atoms with van der Waals surface area (Å²) in [6.45, 7) is 3.21. The van der Waals surface area contributed by atoms with Crippen LogP contribution >= 0.6 is 0 Å². The van der Waals surface area contributed by atoms with Crippen LogP contribution in [0.5, 0.6) is 0 Å². The van der Waals surface area contributed by atoms with Crippen molar-refractivity contribution < 1.29 is 29.0 Å². The zero-order valence-electron chi connectivity index (χ0n) is 19.9. The molecule has 4 rings (SSSR count). The van der Waals surface area contributed by atoms with E-state index in [2.05, 4.69) is 34.9 Å². The number of benzene rings is 2. The van der Waals surface area contributed by atoms with Crippen LogP contribution < -0.4 is 10.6 Å². The van der Waals surface area contributed by atoms with E-state index in [-0.39, 0.29) is 43.7 Å². The maximum atomic E-state index is 12.6. The second-order valence-corrected chi connectivity index (χ2v) is 9.53. The van der Waals surface area contributed by atoms with Crippen LogP contribution in [0.25, 0.3) is 11.1 Å². The first-order valence-electron chi connectivity index (χ1n) is 12.1. The quantitative estimate of drug-likeness (QED) is 0.504. The van der Waals surface area contributed by atoms with Crippen LogP contribution in [0.1, 0.15) is 49.7 Å². The standard InChI is InChI=1S/C27H32N2O6/c1-18(14-24(30)29-27(15-25(31)32)10-12-34-13-11-27)16-28-26(33)35-17-23-21-8-4-2-6-19(21)20-7-3-5-9-22(20)23/h2-9,18,23H,10-17H2,1H3,(H,28,33)(H,29,30)(H,31,32). The Kier molecular flexibility index (Phi) is 7.70. The lowest BCUT2D eigenvalue weighted by atomic mass is 9.86. The SMILES string of the molecule is CC(CNC(=O)OCC1c2ccccc2-c2ccccc21)CC(=O)NC1(CC(=O)O)CCOCC1. The van der Waals surface area contributed by atoms with Gasteiger partial charge in [-0.1, -0.05) is 55.5 Å². The number of aliphatic carboxylic acids is 1. The van der Waals surface area contributed by atoms with Gasteiger partial charge in [-0.15, -0.1) is 0 Å². The summed E-state index contributed by atoms with van der Waals surface area (Å²) in [6.07, 6.45) is 0.459. The van der Waals surface area contributed by atoms with E-state index in [4.69, 9.17) is 9.47 Å². The summed E-state index contributed by atoms with van der Waals surface area (Å²) in [5.41, 5.74) is 3.86. The highest BCUT2D eigenvalue weighted by Gasteiger charge is 2.36. The third-order valence-electron chi connectivity index (χ3n) is 6.82. The van der Waals surface area contributed by atoms with Crippen molar-refractivity contribution in [2.45, 2.75) is 44.1 Å². The van der Waals surface area contributed by atoms with E-state index in [9.17, 15) is 19.5 Å². The molecule has 0 saturated carbocycles. The number of fused-ring (bicyclic) bond motifs is 3. The Balaban J connectivity index is 1.25. The van der Waals surface area contributed by atoms with Gasteiger partial charge in [0.15, 0.2) is 0 Å². The van der Waals surface area contributed by atoms with Gasteiger partial charge in [-0.3, -0.25) is 9.59 Å². The molecule has 1 saturated heterocycles. The molecule has 1 aliphatic heterocycles. The Hall–Kier alpha value is -3.39. The Labute approximate surface area is 205 Å². The Bertz CT molecular complexity index is 1030. The molecular weight excluding hydrogens is 448 g/mol. The molecule has 0 radical (unpaired) electrons. The van der Waals surface area contributed by atoms with Crippen LogP contribution in [0.4, 0.5) is 4.79 Å². The van der Waals surface area contributed by atoms with Gasteiger partial charge in [0.2, 0.25) is 5.91 Å². The summed E-state index contributed by atoms with van der Waals surface area (Å²) in [5, 5.41) is 14.9. The minimum atomic E-state index is -0.947. The van der Waals surface area contributed by atoms with Gasteiger partial charge in [-0.2, -0.15) is 0 Å². The van der Waals surface area contributed by atoms with Crippen molar-refractivity contribution in [3.8, 4) is 11.1 Å². The molecule has 1 unspecified atom stereocenters. The van der Waals surface area contributed by atoms with Crippen molar-refractivity contribution >= 4 is 18.0 Å². The molecule has 186 valence electrons. The fourth-order valence-corrected chi connectivity index (χ4v) is 5.04. The van der Waals surface area contributed by atoms with Gasteiger partial charge in [0.1, 0.15) is 6.61 Å². The average Bonchev–Trinajstić information content (AvgIpc) is 3.15. The minimum absolute atomic E-state index is 0.0127. The van der Waals surface area contributed by atoms with Crippen LogP contribution in [0.3, 0.4) is 0 Å². The van der Waals surface area contributed by atoms with E-state index in [1.54, 1.807) is 0 Å². The van der Waals surface area contributed by atoms with E-state index in [0.29, 0.717) is 26.1 Å². The number of hydrogen-bond acceptors (Lipinski definition) is 5. The predicted molar refractivity (Wildman–Crippen MR) is 130 cm³/mol. The van der Waals surface area contributed by atoms with Gasteiger partial charge in [-0.05, 0) is 41.0 Å². The van der Waals surface area contributed by atoms with E-state index < -0.39 is 17.6 Å². The minimum Gasteiger partial charge on any atom is -0.481 e. The largest absolute Gasteiger partial charge is 0.481 e. The van der Waals surface area contributed by atoms with Crippen molar-refractivity contribution in [2.75, 3.05) is 26.4 Å². The van der Waals surface area contributed by atoms with Crippen LogP contribution in [0.15, 0.2) is 48.5 Å². The second kappa shape index (κ2) is 10.9. The van der Waals surface area contributed by atoms with Crippen molar-refractivity contribution in [1.29, 1.82) is 0 Å². The average molecular weight is 481 g/mol. The zero-order valence-corrected chi connectivity index (χ0v) is 19.9. The first-order chi connectivity index (χ1) is 16.9. The number of amides is 2. The maximum absolute atomic E-state index is 12.6. The van der Waals surface area contributed by atoms with Crippen molar-refractivity contribution in [3.63, 3.8) is 0 Å². The lowest BCUT2D eigenvalue weighted by Gasteiger charge is -2.37. The Morgan fingerprint density at radius 3 is 2.26 bits per heavy atom. The molecule has 1 aliphatic carbocycles. The van der Waals surface area contributed by atoms with Gasteiger partial charge >= 0.3 is 12.1 Å². The molecule has 2 aromatic carbocycles. The van der Waals surface area contributed by atoms with Gasteiger partial charge in [0.25, 0.3) is 0 Å². The van der Waals surface area contributed by atoms with E-state index >= 15 is 0 Å². The summed E-state index contributed by atoms with van der Waals surface area (Å²) >= 11 is 0. The molecule has 0 aromatic heterocycles. The molecule has 8 heteroatoms. The highest BCUT2D eigenvalue weighted by atomic mass is 16.5. The number of carboxylic acids is 1. The van der Waals surface area contributed by atoms with E-state index in [1.807, 2.05) is 31.2 Å². The summed E-state index contributed by atoms with van der Waals surface area (Å²) in [5.74, 6) is -1.33. The van der Waals surface area contributed by atoms with Crippen molar-refractivity contribution in [1.82, 2.24) is 10.6 Å². The molecule has 2 aromatic rings. The number of carbonyl (C=O) groups excluding carboxylic acids is 2. The lowest BCUT2D eigenvalue weighted by molar-refractivity contribution is -0.140. The Morgan fingerprint density at radius 2 is 1.66 bits per heavy atom. The third-order valence-corrected chi connectivity index (χ3v) is 6.82. The second-order valence-electron chi connectivity index (χ2n) is 9.53. The Morgan fingerprint density at radius 1 is 1.06 bits per heavy atom. The number of carboxylic acid groups (broad SMARTS) is 1. The molecule has 1 atom stereocenters. The molecule has 1 heterocycles. The monoisotopic (exact) mass is 480 g/mol. The van der Waals surface area contributed by atoms with Gasteiger partial charge in [0.05, 0.1) is 12.0 Å². The zero-order chi connectivity index (χ0) is 24.8. The van der Waals surface area contributed by atoms with Crippen molar-refractivity contribution in [2.24, 2.45) is 5.92 Å². The summed E-state index contributed by atoms with van der Waals surface area (Å²) in [6, 6.07) is 16.3. The number of nitrogens with one attached hydrogen (secondary N) is 2. The van der Waals surface area contributed by atoms with Crippen LogP contribution in [-0.2, 0) is 19.1 Å². The molecule has 2 amide bonds. The van der Waals surface area contributed by atoms with Crippen molar-refractivity contribution in [3.05, 3.63) is 59.7 Å². The fourth-order valence-electron chi connectivity index (χ4n) is 5.04. The number of hydrogen-bond donors (Lipinski definition) is 3. The smallest absolute Gasteiger partial charge is 0.407 e. The van der Waals surface area contributed by atoms with Gasteiger partial charge in [-0.25, -0.2) is 4.79 Å². The number of rotatable bonds is 9. The van der Waals surface area contributed by atoms with E-state index in [1.165, 1.54) is 11.1 Å². The number of ether oxygens (including phenoxy) is 2. The molecule has 0 spiro atoms. The molecule has 2 aliphatic rings. The number of alkyl carbamates (subject to hydrolysis) is 1. The molecule has 3 N–H and O–H groups in total. The predicted octanol–water partition coefficient (Wildman–Crippen LogP) is 3.69. The molecule has 0 bridgehead atoms. The van der Waals surface area contributed by atoms with Gasteiger partial charge in [0, 0.05) is 32.1 Å². The first kappa shape index (κ1) is 24.7. The van der Waals surface area contributed by atoms with E-state index in [0.717, 1.165) is 11.1 Å². The number of carbonyl (C=O) groups is 3. The van der Waals surface area contributed by atoms with Crippen LogP contribution in [0.2, 0.25) is 0 Å². The summed E-state index contributed by atoms with van der Waals surface area (Å²) < 4.78 is 10.9. The highest BCUT2D eigenvalue weighted by molar-refractivity contribution is 5.80. The van der Waals surface area contributed by atoms with Crippen LogP contribution in [0, 0.1) is 5.92 Å². The highest BCUT2D eigenvalue weighted by Crippen LogP contribution is 2.44. The molecule has 35 heavy (non-hydrogen) atoms. The summed E-state index contributed by atoms with van der Waals surface area (Å²) in [4.78, 5) is 36.3. The van der Waals surface area contributed by atoms with Crippen LogP contribution in [-0.4, -0.2) is 55.0 Å². The van der Waals surface area contributed by atoms with Gasteiger partial charge < -0.3 is 25.2 Å². The third kappa shape index (κ3) is 6.00. The first-order valence-corrected chi connectivity index (χ1v) is 12.1. The fraction of sp³-hybridized carbons (Fsp3) is 0.444. The maximum Gasteiger partial charge on any atom is 0.407 e. The summed E-state index contributed by atoms with van der Waals surface area (Å²) in [7, 11) is 0. The lowest BCUT2D eigenvalue weighted by Crippen LogP contribution is -2.53. The normalized spacial score (nSPS) is 17.1. The molecule has 8 nitrogen and oxygen atoms in total. The molecule has 1 fully saturated rings.